The normalized spacial score (nSPS) is 21.2. The summed E-state index contributed by atoms with van der Waals surface area (Å²) < 4.78 is 28.8. The highest BCUT2D eigenvalue weighted by atomic mass is 31.3. The number of hydrogen-bond acceptors (Lipinski definition) is 5. The molecule has 0 aromatic heterocycles. The van der Waals surface area contributed by atoms with Crippen LogP contribution in [-0.2, 0) is 18.0 Å². The lowest BCUT2D eigenvalue weighted by molar-refractivity contribution is -0.0919. The first-order chi connectivity index (χ1) is 6.47. The van der Waals surface area contributed by atoms with E-state index in [9.17, 15) is 14.2 Å². The average Bonchev–Trinajstić information content (AvgIpc) is 1.74. The van der Waals surface area contributed by atoms with Crippen LogP contribution in [0.15, 0.2) is 12.2 Å². The number of hydrogen-bond donors (Lipinski definition) is 4. The summed E-state index contributed by atoms with van der Waals surface area (Å²) in [6.45, 7) is 2.50. The Morgan fingerprint density at radius 3 is 2.07 bits per heavy atom. The Balaban J connectivity index is 4.65. The Morgan fingerprint density at radius 2 is 1.73 bits per heavy atom. The molecule has 4 N–H and O–H groups in total. The fourth-order valence-electron chi connectivity index (χ4n) is 0.724. The number of rotatable bonds is 5. The van der Waals surface area contributed by atoms with Crippen LogP contribution in [0.2, 0.25) is 0 Å². The van der Waals surface area contributed by atoms with E-state index in [1.165, 1.54) is 13.0 Å². The van der Waals surface area contributed by atoms with Crippen LogP contribution in [0.3, 0.4) is 0 Å². The van der Waals surface area contributed by atoms with Crippen molar-refractivity contribution in [1.82, 2.24) is 0 Å². The highest BCUT2D eigenvalue weighted by molar-refractivity contribution is 7.60. The smallest absolute Gasteiger partial charge is 0.362 e. The van der Waals surface area contributed by atoms with Crippen LogP contribution in [-0.4, -0.2) is 25.6 Å². The summed E-state index contributed by atoms with van der Waals surface area (Å²) in [6, 6.07) is 0. The van der Waals surface area contributed by atoms with Crippen molar-refractivity contribution in [1.29, 1.82) is 0 Å². The summed E-state index contributed by atoms with van der Waals surface area (Å²) in [4.78, 5) is 25.4. The van der Waals surface area contributed by atoms with Crippen LogP contribution in [0.25, 0.3) is 0 Å². The van der Waals surface area contributed by atoms with Gasteiger partial charge in [-0.15, -0.1) is 0 Å². The van der Waals surface area contributed by atoms with Crippen LogP contribution in [0.4, 0.5) is 0 Å². The molecule has 0 amide bonds. The Hall–Kier alpha value is -0.0400. The third kappa shape index (κ3) is 7.84. The maximum atomic E-state index is 10.9. The minimum absolute atomic E-state index is 0.999. The topological polar surface area (TPSA) is 134 Å². The summed E-state index contributed by atoms with van der Waals surface area (Å²) in [5, 5.41) is 9.27. The van der Waals surface area contributed by atoms with Gasteiger partial charge in [0.25, 0.3) is 0 Å². The second-order valence-electron chi connectivity index (χ2n) is 2.69. The molecular formula is C5H12O8P2. The molecule has 0 aliphatic heterocycles. The van der Waals surface area contributed by atoms with Gasteiger partial charge in [0.1, 0.15) is 0 Å². The van der Waals surface area contributed by atoms with Crippen molar-refractivity contribution < 1.29 is 37.8 Å². The van der Waals surface area contributed by atoms with Crippen molar-refractivity contribution in [3.05, 3.63) is 12.2 Å². The van der Waals surface area contributed by atoms with Gasteiger partial charge in [-0.25, -0.2) is 9.13 Å². The standard InChI is InChI=1S/C5H12O8P2/c1-3-4-5(2,6)12-15(10,11)13-14(7,8)9/h3-4,6H,1-2H3,(H,10,11)(H2,7,8,9). The van der Waals surface area contributed by atoms with Gasteiger partial charge < -0.3 is 19.8 Å². The van der Waals surface area contributed by atoms with Crippen LogP contribution in [0.5, 0.6) is 0 Å². The second-order valence-corrected chi connectivity index (χ2v) is 5.44. The Kier molecular flexibility index (Phi) is 4.85. The van der Waals surface area contributed by atoms with Gasteiger partial charge in [-0.3, -0.25) is 4.52 Å². The van der Waals surface area contributed by atoms with Gasteiger partial charge in [0.05, 0.1) is 0 Å². The third-order valence-corrected chi connectivity index (χ3v) is 3.26. The minimum atomic E-state index is -5.17. The number of allylic oxidation sites excluding steroid dienone is 1. The van der Waals surface area contributed by atoms with Crippen LogP contribution in [0.1, 0.15) is 13.8 Å². The lowest BCUT2D eigenvalue weighted by Crippen LogP contribution is -2.23. The molecule has 8 nitrogen and oxygen atoms in total. The Labute approximate surface area is 86.0 Å². The molecule has 0 aromatic rings. The van der Waals surface area contributed by atoms with E-state index < -0.39 is 21.4 Å². The molecule has 0 saturated carbocycles. The van der Waals surface area contributed by atoms with Gasteiger partial charge in [0.15, 0.2) is 5.79 Å². The number of aliphatic hydroxyl groups is 1. The summed E-state index contributed by atoms with van der Waals surface area (Å²) >= 11 is 0. The third-order valence-electron chi connectivity index (χ3n) is 0.986. The molecule has 0 fully saturated rings. The van der Waals surface area contributed by atoms with E-state index in [4.69, 9.17) is 14.7 Å². The molecule has 0 rings (SSSR count). The molecule has 0 aliphatic carbocycles. The summed E-state index contributed by atoms with van der Waals surface area (Å²) in [7, 11) is -10.2. The average molecular weight is 262 g/mol. The summed E-state index contributed by atoms with van der Waals surface area (Å²) in [5.41, 5.74) is 0. The molecule has 2 atom stereocenters. The Bertz CT molecular complexity index is 328. The summed E-state index contributed by atoms with van der Waals surface area (Å²) in [6.07, 6.45) is 2.32. The SMILES string of the molecule is CC=CC(C)(O)OP(=O)(O)OP(=O)(O)O. The molecule has 0 aromatic carbocycles. The quantitative estimate of drug-likeness (QED) is 0.319. The highest BCUT2D eigenvalue weighted by Crippen LogP contribution is 2.59. The van der Waals surface area contributed by atoms with E-state index in [0.717, 1.165) is 13.0 Å². The highest BCUT2D eigenvalue weighted by Gasteiger charge is 2.38. The lowest BCUT2D eigenvalue weighted by atomic mass is 10.3. The molecule has 10 heteroatoms. The van der Waals surface area contributed by atoms with E-state index in [1.807, 2.05) is 0 Å². The van der Waals surface area contributed by atoms with E-state index in [-0.39, 0.29) is 0 Å². The van der Waals surface area contributed by atoms with Crippen LogP contribution < -0.4 is 0 Å². The van der Waals surface area contributed by atoms with Gasteiger partial charge in [-0.1, -0.05) is 6.08 Å². The van der Waals surface area contributed by atoms with Crippen LogP contribution >= 0.6 is 15.6 Å². The van der Waals surface area contributed by atoms with E-state index in [0.29, 0.717) is 0 Å². The largest absolute Gasteiger partial charge is 0.483 e. The maximum Gasteiger partial charge on any atom is 0.483 e. The van der Waals surface area contributed by atoms with Gasteiger partial charge in [0, 0.05) is 0 Å². The number of phosphoric acid groups is 2. The Morgan fingerprint density at radius 1 is 1.27 bits per heavy atom. The fraction of sp³-hybridized carbons (Fsp3) is 0.600. The molecule has 0 bridgehead atoms. The minimum Gasteiger partial charge on any atom is -0.362 e. The predicted molar refractivity (Wildman–Crippen MR) is 49.5 cm³/mol. The zero-order valence-corrected chi connectivity index (χ0v) is 9.76. The van der Waals surface area contributed by atoms with Crippen molar-refractivity contribution in [3.63, 3.8) is 0 Å². The first-order valence-electron chi connectivity index (χ1n) is 3.64. The van der Waals surface area contributed by atoms with E-state index in [1.54, 1.807) is 0 Å². The molecule has 0 spiro atoms. The van der Waals surface area contributed by atoms with Crippen molar-refractivity contribution in [3.8, 4) is 0 Å². The first kappa shape index (κ1) is 15.0. The van der Waals surface area contributed by atoms with Gasteiger partial charge in [-0.05, 0) is 19.9 Å². The van der Waals surface area contributed by atoms with Crippen molar-refractivity contribution >= 4 is 15.6 Å². The maximum absolute atomic E-state index is 10.9. The van der Waals surface area contributed by atoms with Crippen molar-refractivity contribution in [2.24, 2.45) is 0 Å². The van der Waals surface area contributed by atoms with Gasteiger partial charge in [0.2, 0.25) is 0 Å². The first-order valence-corrected chi connectivity index (χ1v) is 6.67. The molecule has 90 valence electrons. The second kappa shape index (κ2) is 4.86. The van der Waals surface area contributed by atoms with E-state index >= 15 is 0 Å². The number of phosphoric ester groups is 1. The molecule has 0 saturated heterocycles. The fourth-order valence-corrected chi connectivity index (χ4v) is 2.46. The molecule has 0 aliphatic rings. The van der Waals surface area contributed by atoms with Crippen molar-refractivity contribution in [2.75, 3.05) is 0 Å². The zero-order chi connectivity index (χ0) is 12.3. The van der Waals surface area contributed by atoms with E-state index in [2.05, 4.69) is 8.83 Å². The zero-order valence-electron chi connectivity index (χ0n) is 7.97. The van der Waals surface area contributed by atoms with Crippen LogP contribution in [0, 0.1) is 0 Å². The van der Waals surface area contributed by atoms with Gasteiger partial charge in [-0.2, -0.15) is 4.31 Å². The van der Waals surface area contributed by atoms with Crippen molar-refractivity contribution in [2.45, 2.75) is 19.6 Å². The summed E-state index contributed by atoms with van der Waals surface area (Å²) in [5.74, 6) is -2.16. The predicted octanol–water partition coefficient (Wildman–Crippen LogP) is 0.497. The molecule has 2 unspecified atom stereocenters. The molecule has 15 heavy (non-hydrogen) atoms. The van der Waals surface area contributed by atoms with Gasteiger partial charge >= 0.3 is 15.6 Å². The molecule has 0 heterocycles. The molecular weight excluding hydrogens is 250 g/mol. The molecule has 0 radical (unpaired) electrons. The monoisotopic (exact) mass is 262 g/mol. The lowest BCUT2D eigenvalue weighted by Gasteiger charge is -2.22.